The molecule has 1 fully saturated rings. The van der Waals surface area contributed by atoms with Gasteiger partial charge in [-0.15, -0.1) is 5.10 Å². The van der Waals surface area contributed by atoms with Crippen molar-refractivity contribution >= 4 is 23.2 Å². The van der Waals surface area contributed by atoms with Crippen LogP contribution in [0.3, 0.4) is 0 Å². The summed E-state index contributed by atoms with van der Waals surface area (Å²) >= 11 is 5.68. The molecule has 3 aromatic rings. The summed E-state index contributed by atoms with van der Waals surface area (Å²) in [6.45, 7) is 1.49. The summed E-state index contributed by atoms with van der Waals surface area (Å²) in [7, 11) is 0. The van der Waals surface area contributed by atoms with Gasteiger partial charge < -0.3 is 5.32 Å². The molecule has 1 aliphatic rings. The number of benzene rings is 1. The topological polar surface area (TPSA) is 81.3 Å². The molecule has 9 heteroatoms. The van der Waals surface area contributed by atoms with Crippen LogP contribution in [-0.4, -0.2) is 25.1 Å². The number of aromatic nitrogens is 4. The van der Waals surface area contributed by atoms with Crippen LogP contribution in [-0.2, 0) is 11.3 Å². The van der Waals surface area contributed by atoms with Gasteiger partial charge in [-0.1, -0.05) is 17.7 Å². The van der Waals surface area contributed by atoms with E-state index >= 15 is 0 Å². The largest absolute Gasteiger partial charge is 0.350 e. The van der Waals surface area contributed by atoms with E-state index in [0.717, 1.165) is 23.2 Å². The number of fused-ring (bicyclic) bond motifs is 1. The maximum atomic E-state index is 13.6. The molecule has 140 valence electrons. The van der Waals surface area contributed by atoms with E-state index in [2.05, 4.69) is 15.4 Å². The van der Waals surface area contributed by atoms with Crippen LogP contribution in [0, 0.1) is 5.82 Å². The first-order valence-electron chi connectivity index (χ1n) is 8.62. The zero-order chi connectivity index (χ0) is 19.1. The molecule has 2 aromatic heterocycles. The van der Waals surface area contributed by atoms with Crippen molar-refractivity contribution < 1.29 is 9.18 Å². The highest BCUT2D eigenvalue weighted by Gasteiger charge is 2.29. The molecule has 4 rings (SSSR count). The molecular formula is C18H17ClFN5O2. The lowest BCUT2D eigenvalue weighted by atomic mass is 10.1. The van der Waals surface area contributed by atoms with Crippen LogP contribution in [0.2, 0.25) is 5.02 Å². The second-order valence-corrected chi connectivity index (χ2v) is 7.09. The second-order valence-electron chi connectivity index (χ2n) is 6.68. The van der Waals surface area contributed by atoms with E-state index in [0.29, 0.717) is 17.1 Å². The third-order valence-electron chi connectivity index (χ3n) is 4.61. The Bertz CT molecular complexity index is 1090. The Kier molecular flexibility index (Phi) is 4.43. The molecule has 1 saturated carbocycles. The Morgan fingerprint density at radius 3 is 2.93 bits per heavy atom. The van der Waals surface area contributed by atoms with Gasteiger partial charge in [0, 0.05) is 18.3 Å². The van der Waals surface area contributed by atoms with Crippen LogP contribution in [0.4, 0.5) is 4.39 Å². The number of nitrogens with zero attached hydrogens (tertiary/aromatic N) is 4. The summed E-state index contributed by atoms with van der Waals surface area (Å²) < 4.78 is 16.1. The van der Waals surface area contributed by atoms with Crippen molar-refractivity contribution in [3.05, 3.63) is 63.2 Å². The van der Waals surface area contributed by atoms with Crippen molar-refractivity contribution in [3.63, 3.8) is 0 Å². The van der Waals surface area contributed by atoms with Crippen LogP contribution in [0.25, 0.3) is 5.65 Å². The van der Waals surface area contributed by atoms with Crippen molar-refractivity contribution in [2.45, 2.75) is 38.3 Å². The van der Waals surface area contributed by atoms with Gasteiger partial charge >= 0.3 is 5.69 Å². The Morgan fingerprint density at radius 2 is 2.22 bits per heavy atom. The average Bonchev–Trinajstić information content (AvgIpc) is 3.43. The van der Waals surface area contributed by atoms with Gasteiger partial charge in [0.1, 0.15) is 12.4 Å². The predicted octanol–water partition coefficient (Wildman–Crippen LogP) is 2.44. The van der Waals surface area contributed by atoms with Crippen molar-refractivity contribution in [2.75, 3.05) is 0 Å². The van der Waals surface area contributed by atoms with Gasteiger partial charge in [-0.25, -0.2) is 18.3 Å². The standard InChI is InChI=1S/C18H17ClFN5O2/c1-10(12-4-5-13(19)14(20)8-12)22-15(26)9-25-18(27)24-7-6-21-16(11-2-3-11)17(24)23-25/h4-8,10-11H,2-3,9H2,1H3,(H,22,26)/t10-/m0/s1. The highest BCUT2D eigenvalue weighted by atomic mass is 35.5. The van der Waals surface area contributed by atoms with Gasteiger partial charge in [-0.05, 0) is 37.5 Å². The lowest BCUT2D eigenvalue weighted by molar-refractivity contribution is -0.122. The fraction of sp³-hybridized carbons (Fsp3) is 0.333. The number of carbonyl (C=O) groups is 1. The van der Waals surface area contributed by atoms with E-state index in [1.807, 2.05) is 0 Å². The van der Waals surface area contributed by atoms with Gasteiger partial charge in [-0.3, -0.25) is 9.78 Å². The van der Waals surface area contributed by atoms with E-state index < -0.39 is 23.5 Å². The molecule has 1 aromatic carbocycles. The highest BCUT2D eigenvalue weighted by Crippen LogP contribution is 2.39. The number of halogens is 2. The number of amides is 1. The van der Waals surface area contributed by atoms with Gasteiger partial charge in [0.05, 0.1) is 16.8 Å². The van der Waals surface area contributed by atoms with Crippen LogP contribution in [0.5, 0.6) is 0 Å². The van der Waals surface area contributed by atoms with Gasteiger partial charge in [0.25, 0.3) is 0 Å². The third-order valence-corrected chi connectivity index (χ3v) is 4.91. The van der Waals surface area contributed by atoms with Crippen molar-refractivity contribution in [2.24, 2.45) is 0 Å². The molecule has 1 atom stereocenters. The van der Waals surface area contributed by atoms with Gasteiger partial charge in [0.15, 0.2) is 5.65 Å². The smallest absolute Gasteiger partial charge is 0.348 e. The van der Waals surface area contributed by atoms with Crippen LogP contribution < -0.4 is 11.0 Å². The molecule has 7 nitrogen and oxygen atoms in total. The van der Waals surface area contributed by atoms with E-state index in [-0.39, 0.29) is 11.6 Å². The lowest BCUT2D eigenvalue weighted by Crippen LogP contribution is -2.34. The molecule has 0 bridgehead atoms. The maximum absolute atomic E-state index is 13.6. The minimum Gasteiger partial charge on any atom is -0.348 e. The third kappa shape index (κ3) is 3.44. The first-order chi connectivity index (χ1) is 12.9. The highest BCUT2D eigenvalue weighted by molar-refractivity contribution is 6.30. The summed E-state index contributed by atoms with van der Waals surface area (Å²) in [5.41, 5.74) is 1.46. The number of carbonyl (C=O) groups excluding carboxylic acids is 1. The predicted molar refractivity (Wildman–Crippen MR) is 97.2 cm³/mol. The number of nitrogens with one attached hydrogen (secondary N) is 1. The summed E-state index contributed by atoms with van der Waals surface area (Å²) in [5, 5.41) is 7.05. The monoisotopic (exact) mass is 389 g/mol. The lowest BCUT2D eigenvalue weighted by Gasteiger charge is -2.14. The first-order valence-corrected chi connectivity index (χ1v) is 9.00. The molecule has 0 radical (unpaired) electrons. The second kappa shape index (κ2) is 6.77. The van der Waals surface area contributed by atoms with Crippen molar-refractivity contribution in [1.82, 2.24) is 24.5 Å². The van der Waals surface area contributed by atoms with E-state index in [9.17, 15) is 14.0 Å². The van der Waals surface area contributed by atoms with E-state index in [1.165, 1.54) is 16.5 Å². The van der Waals surface area contributed by atoms with Gasteiger partial charge in [0.2, 0.25) is 5.91 Å². The Morgan fingerprint density at radius 1 is 1.44 bits per heavy atom. The molecule has 2 heterocycles. The Labute approximate surface area is 158 Å². The van der Waals surface area contributed by atoms with Crippen LogP contribution in [0.15, 0.2) is 35.4 Å². The summed E-state index contributed by atoms with van der Waals surface area (Å²) in [4.78, 5) is 29.2. The number of hydrogen-bond donors (Lipinski definition) is 1. The van der Waals surface area contributed by atoms with Crippen molar-refractivity contribution in [1.29, 1.82) is 0 Å². The molecule has 0 unspecified atom stereocenters. The summed E-state index contributed by atoms with van der Waals surface area (Å²) in [5.74, 6) is -0.617. The molecule has 0 saturated heterocycles. The molecule has 0 aliphatic heterocycles. The fourth-order valence-corrected chi connectivity index (χ4v) is 3.12. The SMILES string of the molecule is C[C@H](NC(=O)Cn1nc2c(C3CC3)nccn2c1=O)c1ccc(Cl)c(F)c1. The molecule has 1 aliphatic carbocycles. The van der Waals surface area contributed by atoms with Gasteiger partial charge in [-0.2, -0.15) is 0 Å². The Balaban J connectivity index is 1.52. The minimum atomic E-state index is -0.549. The summed E-state index contributed by atoms with van der Waals surface area (Å²) in [6.07, 6.45) is 5.18. The Hall–Kier alpha value is -2.74. The minimum absolute atomic E-state index is 0.0219. The zero-order valence-electron chi connectivity index (χ0n) is 14.5. The number of rotatable bonds is 5. The first kappa shape index (κ1) is 17.7. The maximum Gasteiger partial charge on any atom is 0.350 e. The van der Waals surface area contributed by atoms with E-state index in [4.69, 9.17) is 11.6 Å². The fourth-order valence-electron chi connectivity index (χ4n) is 3.00. The zero-order valence-corrected chi connectivity index (χ0v) is 15.3. The molecule has 27 heavy (non-hydrogen) atoms. The number of hydrogen-bond acceptors (Lipinski definition) is 4. The molecule has 0 spiro atoms. The molecule has 1 N–H and O–H groups in total. The summed E-state index contributed by atoms with van der Waals surface area (Å²) in [6, 6.07) is 3.91. The van der Waals surface area contributed by atoms with Crippen LogP contribution >= 0.6 is 11.6 Å². The quantitative estimate of drug-likeness (QED) is 0.726. The van der Waals surface area contributed by atoms with Crippen LogP contribution in [0.1, 0.15) is 43.0 Å². The molecular weight excluding hydrogens is 373 g/mol. The normalized spacial score (nSPS) is 15.1. The van der Waals surface area contributed by atoms with E-state index in [1.54, 1.807) is 25.4 Å². The average molecular weight is 390 g/mol. The van der Waals surface area contributed by atoms with Crippen molar-refractivity contribution in [3.8, 4) is 0 Å². The molecule has 1 amide bonds.